The molecule has 0 spiro atoms. The van der Waals surface area contributed by atoms with Crippen LogP contribution in [-0.2, 0) is 44.0 Å². The fourth-order valence-corrected chi connectivity index (χ4v) is 5.07. The van der Waals surface area contributed by atoms with Gasteiger partial charge < -0.3 is 9.74 Å². The highest BCUT2D eigenvalue weighted by Gasteiger charge is 2.63. The van der Waals surface area contributed by atoms with Crippen molar-refractivity contribution in [2.45, 2.75) is 50.9 Å². The molecule has 17 heteroatoms. The predicted octanol–water partition coefficient (Wildman–Crippen LogP) is 6.74. The minimum Gasteiger partial charge on any atom is -0.374 e. The standard InChI is InChI=1S/C25H22ClF9N2O4S/c1-3-37(21(38)13-42(39,40)4-2)12-15-6-5-14(7-19(15)26)20-11-22(41-36-20,25(33,34)35)16-8-17(23(27,28)29)10-18(9-16)24(30,31)32/h5-10H,3-4,11-13H2,1-2H3. The molecule has 2 aromatic carbocycles. The number of halogens is 10. The van der Waals surface area contributed by atoms with Crippen LogP contribution in [-0.4, -0.2) is 49.2 Å². The van der Waals surface area contributed by atoms with Gasteiger partial charge in [-0.25, -0.2) is 8.42 Å². The van der Waals surface area contributed by atoms with Crippen molar-refractivity contribution in [2.24, 2.45) is 5.16 Å². The SMILES string of the molecule is CCN(Cc1ccc(C2=NOC(c3cc(C(F)(F)F)cc(C(F)(F)F)c3)(C(F)(F)F)C2)cc1Cl)C(=O)CS(=O)(=O)CC. The highest BCUT2D eigenvalue weighted by molar-refractivity contribution is 7.92. The summed E-state index contributed by atoms with van der Waals surface area (Å²) in [5, 5.41) is 3.28. The highest BCUT2D eigenvalue weighted by atomic mass is 35.5. The minimum atomic E-state index is -5.50. The lowest BCUT2D eigenvalue weighted by Crippen LogP contribution is -2.43. The zero-order valence-corrected chi connectivity index (χ0v) is 23.3. The maximum absolute atomic E-state index is 14.3. The molecule has 0 saturated carbocycles. The Kier molecular flexibility index (Phi) is 9.24. The summed E-state index contributed by atoms with van der Waals surface area (Å²) in [5.74, 6) is -1.71. The van der Waals surface area contributed by atoms with Crippen LogP contribution in [0.3, 0.4) is 0 Å². The smallest absolute Gasteiger partial charge is 0.374 e. The highest BCUT2D eigenvalue weighted by Crippen LogP contribution is 2.51. The van der Waals surface area contributed by atoms with Gasteiger partial charge >= 0.3 is 18.5 Å². The summed E-state index contributed by atoms with van der Waals surface area (Å²) in [7, 11) is -3.63. The topological polar surface area (TPSA) is 76.0 Å². The zero-order chi connectivity index (χ0) is 31.9. The Bertz CT molecular complexity index is 1460. The van der Waals surface area contributed by atoms with Crippen molar-refractivity contribution in [2.75, 3.05) is 18.1 Å². The van der Waals surface area contributed by atoms with Gasteiger partial charge in [0.1, 0.15) is 5.75 Å². The van der Waals surface area contributed by atoms with Gasteiger partial charge in [0.05, 0.1) is 16.8 Å². The van der Waals surface area contributed by atoms with E-state index in [0.717, 1.165) is 6.07 Å². The maximum Gasteiger partial charge on any atom is 0.435 e. The largest absolute Gasteiger partial charge is 0.435 e. The van der Waals surface area contributed by atoms with Gasteiger partial charge in [0.25, 0.3) is 5.60 Å². The second-order valence-electron chi connectivity index (χ2n) is 9.32. The van der Waals surface area contributed by atoms with Crippen LogP contribution in [0, 0.1) is 0 Å². The molecule has 1 heterocycles. The first kappa shape index (κ1) is 33.5. The molecule has 2 aromatic rings. The number of benzene rings is 2. The third-order valence-electron chi connectivity index (χ3n) is 6.51. The van der Waals surface area contributed by atoms with Crippen LogP contribution in [0.15, 0.2) is 41.6 Å². The molecule has 1 aliphatic rings. The van der Waals surface area contributed by atoms with Crippen LogP contribution >= 0.6 is 11.6 Å². The van der Waals surface area contributed by atoms with Gasteiger partial charge in [-0.3, -0.25) is 4.79 Å². The molecular formula is C25H22ClF9N2O4S. The molecule has 1 aliphatic heterocycles. The molecule has 1 atom stereocenters. The Balaban J connectivity index is 1.96. The second-order valence-corrected chi connectivity index (χ2v) is 12.1. The number of hydrogen-bond donors (Lipinski definition) is 0. The number of oxime groups is 1. The third kappa shape index (κ3) is 7.13. The average Bonchev–Trinajstić information content (AvgIpc) is 3.33. The number of carbonyl (C=O) groups excluding carboxylic acids is 1. The number of amides is 1. The monoisotopic (exact) mass is 652 g/mol. The molecule has 1 unspecified atom stereocenters. The molecule has 232 valence electrons. The van der Waals surface area contributed by atoms with Crippen LogP contribution in [0.4, 0.5) is 39.5 Å². The van der Waals surface area contributed by atoms with Crippen molar-refractivity contribution < 1.29 is 57.6 Å². The first-order valence-corrected chi connectivity index (χ1v) is 14.2. The Morgan fingerprint density at radius 3 is 2.00 bits per heavy atom. The summed E-state index contributed by atoms with van der Waals surface area (Å²) in [6, 6.07) is 3.25. The van der Waals surface area contributed by atoms with E-state index in [1.54, 1.807) is 6.92 Å². The van der Waals surface area contributed by atoms with E-state index in [9.17, 15) is 52.7 Å². The van der Waals surface area contributed by atoms with Gasteiger partial charge in [0, 0.05) is 41.4 Å². The van der Waals surface area contributed by atoms with Crippen molar-refractivity contribution in [1.29, 1.82) is 0 Å². The van der Waals surface area contributed by atoms with Gasteiger partial charge in [0.2, 0.25) is 5.91 Å². The molecule has 6 nitrogen and oxygen atoms in total. The summed E-state index contributed by atoms with van der Waals surface area (Å²) in [6.07, 6.45) is -17.6. The Morgan fingerprint density at radius 2 is 1.55 bits per heavy atom. The van der Waals surface area contributed by atoms with Crippen LogP contribution in [0.25, 0.3) is 0 Å². The fraction of sp³-hybridized carbons (Fsp3) is 0.440. The van der Waals surface area contributed by atoms with E-state index in [1.807, 2.05) is 0 Å². The molecule has 0 aromatic heterocycles. The van der Waals surface area contributed by atoms with E-state index in [1.165, 1.54) is 24.0 Å². The normalized spacial score (nSPS) is 18.0. The molecule has 0 bridgehead atoms. The quantitative estimate of drug-likeness (QED) is 0.296. The number of alkyl halides is 9. The van der Waals surface area contributed by atoms with E-state index in [2.05, 4.69) is 9.99 Å². The second kappa shape index (κ2) is 11.6. The average molecular weight is 653 g/mol. The van der Waals surface area contributed by atoms with E-state index < -0.39 is 74.5 Å². The summed E-state index contributed by atoms with van der Waals surface area (Å²) in [6.45, 7) is 2.90. The predicted molar refractivity (Wildman–Crippen MR) is 133 cm³/mol. The van der Waals surface area contributed by atoms with Crippen molar-refractivity contribution in [3.8, 4) is 0 Å². The minimum absolute atomic E-state index is 0.0631. The van der Waals surface area contributed by atoms with Crippen molar-refractivity contribution >= 4 is 33.1 Å². The number of hydrogen-bond acceptors (Lipinski definition) is 5. The lowest BCUT2D eigenvalue weighted by Gasteiger charge is -2.30. The van der Waals surface area contributed by atoms with Crippen LogP contribution in [0.2, 0.25) is 5.02 Å². The number of nitrogens with zero attached hydrogens (tertiary/aromatic N) is 2. The Hall–Kier alpha value is -3.01. The summed E-state index contributed by atoms with van der Waals surface area (Å²) < 4.78 is 147. The van der Waals surface area contributed by atoms with E-state index in [-0.39, 0.29) is 53.2 Å². The van der Waals surface area contributed by atoms with Crippen LogP contribution in [0.5, 0.6) is 0 Å². The van der Waals surface area contributed by atoms with Gasteiger partial charge in [-0.15, -0.1) is 0 Å². The van der Waals surface area contributed by atoms with Gasteiger partial charge in [-0.2, -0.15) is 39.5 Å². The van der Waals surface area contributed by atoms with Crippen molar-refractivity contribution in [3.63, 3.8) is 0 Å². The van der Waals surface area contributed by atoms with E-state index in [4.69, 9.17) is 11.6 Å². The molecule has 0 fully saturated rings. The molecule has 0 saturated heterocycles. The molecule has 0 aliphatic carbocycles. The Morgan fingerprint density at radius 1 is 0.976 bits per heavy atom. The van der Waals surface area contributed by atoms with Gasteiger partial charge in [-0.1, -0.05) is 35.8 Å². The number of carbonyl (C=O) groups is 1. The van der Waals surface area contributed by atoms with E-state index in [0.29, 0.717) is 0 Å². The third-order valence-corrected chi connectivity index (χ3v) is 8.42. The lowest BCUT2D eigenvalue weighted by molar-refractivity contribution is -0.276. The maximum atomic E-state index is 14.3. The van der Waals surface area contributed by atoms with Crippen molar-refractivity contribution in [3.05, 3.63) is 69.2 Å². The molecule has 3 rings (SSSR count). The summed E-state index contributed by atoms with van der Waals surface area (Å²) in [4.78, 5) is 18.2. The molecule has 0 N–H and O–H groups in total. The summed E-state index contributed by atoms with van der Waals surface area (Å²) >= 11 is 6.27. The van der Waals surface area contributed by atoms with Gasteiger partial charge in [0.15, 0.2) is 9.84 Å². The van der Waals surface area contributed by atoms with E-state index >= 15 is 0 Å². The molecular weight excluding hydrogens is 631 g/mol. The first-order chi connectivity index (χ1) is 19.1. The molecule has 42 heavy (non-hydrogen) atoms. The van der Waals surface area contributed by atoms with Crippen LogP contribution in [0.1, 0.15) is 48.1 Å². The van der Waals surface area contributed by atoms with Gasteiger partial charge in [-0.05, 0) is 36.8 Å². The lowest BCUT2D eigenvalue weighted by atomic mass is 9.84. The molecule has 1 amide bonds. The van der Waals surface area contributed by atoms with Crippen LogP contribution < -0.4 is 0 Å². The zero-order valence-electron chi connectivity index (χ0n) is 21.7. The first-order valence-electron chi connectivity index (χ1n) is 12.0. The number of sulfone groups is 1. The molecule has 0 radical (unpaired) electrons. The number of rotatable bonds is 8. The fourth-order valence-electron chi connectivity index (χ4n) is 4.07. The summed E-state index contributed by atoms with van der Waals surface area (Å²) in [5.41, 5.74) is -9.31. The Labute approximate surface area is 239 Å². The van der Waals surface area contributed by atoms with Crippen molar-refractivity contribution in [1.82, 2.24) is 4.90 Å².